The number of hydrogen-bond acceptors (Lipinski definition) is 4. The Hall–Kier alpha value is -1.26. The van der Waals surface area contributed by atoms with Gasteiger partial charge in [0.2, 0.25) is 0 Å². The third-order valence-electron chi connectivity index (χ3n) is 3.04. The molecule has 0 spiro atoms. The molecule has 0 aromatic heterocycles. The average molecular weight is 250 g/mol. The van der Waals surface area contributed by atoms with Crippen molar-refractivity contribution in [2.75, 3.05) is 38.6 Å². The first-order valence-electron chi connectivity index (χ1n) is 6.40. The first-order chi connectivity index (χ1) is 8.55. The summed E-state index contributed by atoms with van der Waals surface area (Å²) < 4.78 is 11.4. The number of hydrogen-bond donors (Lipinski definition) is 1. The number of nitrogens with zero attached hydrogens (tertiary/aromatic N) is 1. The number of rotatable bonds is 4. The van der Waals surface area contributed by atoms with Crippen molar-refractivity contribution in [1.82, 2.24) is 4.90 Å². The second-order valence-electron chi connectivity index (χ2n) is 5.31. The first kappa shape index (κ1) is 13.2. The summed E-state index contributed by atoms with van der Waals surface area (Å²) >= 11 is 0. The van der Waals surface area contributed by atoms with E-state index in [1.165, 1.54) is 0 Å². The lowest BCUT2D eigenvalue weighted by Gasteiger charge is -2.38. The molecule has 1 saturated heterocycles. The molecule has 2 N–H and O–H groups in total. The summed E-state index contributed by atoms with van der Waals surface area (Å²) in [6.45, 7) is 8.57. The van der Waals surface area contributed by atoms with E-state index in [1.54, 1.807) is 0 Å². The third-order valence-corrected chi connectivity index (χ3v) is 3.04. The van der Waals surface area contributed by atoms with E-state index >= 15 is 0 Å². The van der Waals surface area contributed by atoms with Crippen LogP contribution < -0.4 is 10.5 Å². The van der Waals surface area contributed by atoms with Gasteiger partial charge in [-0.05, 0) is 26.0 Å². The van der Waals surface area contributed by atoms with E-state index < -0.39 is 0 Å². The molecule has 18 heavy (non-hydrogen) atoms. The van der Waals surface area contributed by atoms with Crippen LogP contribution in [-0.2, 0) is 4.74 Å². The average Bonchev–Trinajstić information content (AvgIpc) is 2.28. The predicted octanol–water partition coefficient (Wildman–Crippen LogP) is 1.76. The minimum atomic E-state index is -0.0462. The summed E-state index contributed by atoms with van der Waals surface area (Å²) in [5.74, 6) is 0.836. The van der Waals surface area contributed by atoms with Crippen molar-refractivity contribution in [3.63, 3.8) is 0 Å². The molecule has 0 bridgehead atoms. The Morgan fingerprint density at radius 3 is 3.00 bits per heavy atom. The lowest BCUT2D eigenvalue weighted by atomic mass is 10.1. The Balaban J connectivity index is 1.75. The SMILES string of the molecule is CC1(C)CN(CCOc2cccc(N)c2)CCO1. The molecule has 0 saturated carbocycles. The van der Waals surface area contributed by atoms with Crippen molar-refractivity contribution in [3.8, 4) is 5.75 Å². The molecular weight excluding hydrogens is 228 g/mol. The van der Waals surface area contributed by atoms with Crippen molar-refractivity contribution >= 4 is 5.69 Å². The van der Waals surface area contributed by atoms with Crippen molar-refractivity contribution in [2.24, 2.45) is 0 Å². The number of nitrogen functional groups attached to an aromatic ring is 1. The summed E-state index contributed by atoms with van der Waals surface area (Å²) in [6, 6.07) is 7.54. The molecule has 0 radical (unpaired) electrons. The van der Waals surface area contributed by atoms with E-state index in [1.807, 2.05) is 24.3 Å². The minimum Gasteiger partial charge on any atom is -0.492 e. The molecule has 0 atom stereocenters. The van der Waals surface area contributed by atoms with Crippen LogP contribution in [0.2, 0.25) is 0 Å². The molecule has 0 aliphatic carbocycles. The normalized spacial score (nSPS) is 19.7. The number of benzene rings is 1. The lowest BCUT2D eigenvalue weighted by molar-refractivity contribution is -0.0875. The third kappa shape index (κ3) is 3.89. The summed E-state index contributed by atoms with van der Waals surface area (Å²) in [5, 5.41) is 0. The maximum Gasteiger partial charge on any atom is 0.121 e. The molecule has 1 aliphatic heterocycles. The summed E-state index contributed by atoms with van der Waals surface area (Å²) in [4.78, 5) is 2.37. The van der Waals surface area contributed by atoms with Gasteiger partial charge in [-0.2, -0.15) is 0 Å². The molecule has 4 heteroatoms. The molecule has 1 heterocycles. The Bertz CT molecular complexity index is 393. The molecule has 0 unspecified atom stereocenters. The van der Waals surface area contributed by atoms with Crippen LogP contribution in [0, 0.1) is 0 Å². The monoisotopic (exact) mass is 250 g/mol. The lowest BCUT2D eigenvalue weighted by Crippen LogP contribution is -2.49. The van der Waals surface area contributed by atoms with Gasteiger partial charge in [-0.25, -0.2) is 0 Å². The van der Waals surface area contributed by atoms with Gasteiger partial charge < -0.3 is 15.2 Å². The van der Waals surface area contributed by atoms with Gasteiger partial charge in [-0.1, -0.05) is 6.07 Å². The molecule has 1 aliphatic rings. The first-order valence-corrected chi connectivity index (χ1v) is 6.40. The fourth-order valence-electron chi connectivity index (χ4n) is 2.20. The minimum absolute atomic E-state index is 0.0462. The van der Waals surface area contributed by atoms with Crippen LogP contribution in [0.5, 0.6) is 5.75 Å². The summed E-state index contributed by atoms with van der Waals surface area (Å²) in [5.41, 5.74) is 6.39. The molecule has 4 nitrogen and oxygen atoms in total. The zero-order chi connectivity index (χ0) is 13.0. The molecule has 0 amide bonds. The highest BCUT2D eigenvalue weighted by Crippen LogP contribution is 2.17. The van der Waals surface area contributed by atoms with Crippen LogP contribution in [0.25, 0.3) is 0 Å². The zero-order valence-electron chi connectivity index (χ0n) is 11.2. The highest BCUT2D eigenvalue weighted by molar-refractivity contribution is 5.43. The van der Waals surface area contributed by atoms with Crippen LogP contribution in [0.1, 0.15) is 13.8 Å². The fourth-order valence-corrected chi connectivity index (χ4v) is 2.20. The summed E-state index contributed by atoms with van der Waals surface area (Å²) in [7, 11) is 0. The predicted molar refractivity (Wildman–Crippen MR) is 72.8 cm³/mol. The van der Waals surface area contributed by atoms with E-state index in [9.17, 15) is 0 Å². The molecular formula is C14H22N2O2. The van der Waals surface area contributed by atoms with Gasteiger partial charge in [0, 0.05) is 31.4 Å². The fraction of sp³-hybridized carbons (Fsp3) is 0.571. The van der Waals surface area contributed by atoms with Gasteiger partial charge in [0.25, 0.3) is 0 Å². The van der Waals surface area contributed by atoms with E-state index in [-0.39, 0.29) is 5.60 Å². The van der Waals surface area contributed by atoms with Gasteiger partial charge in [-0.3, -0.25) is 4.90 Å². The van der Waals surface area contributed by atoms with Crippen molar-refractivity contribution in [2.45, 2.75) is 19.4 Å². The topological polar surface area (TPSA) is 47.7 Å². The molecule has 1 fully saturated rings. The maximum absolute atomic E-state index is 5.70. The number of morpholine rings is 1. The molecule has 100 valence electrons. The Morgan fingerprint density at radius 1 is 1.44 bits per heavy atom. The van der Waals surface area contributed by atoms with Crippen LogP contribution >= 0.6 is 0 Å². The number of ether oxygens (including phenoxy) is 2. The second kappa shape index (κ2) is 5.59. The van der Waals surface area contributed by atoms with Gasteiger partial charge in [-0.15, -0.1) is 0 Å². The van der Waals surface area contributed by atoms with E-state index in [4.69, 9.17) is 15.2 Å². The molecule has 2 rings (SSSR count). The number of nitrogens with two attached hydrogens (primary N) is 1. The second-order valence-corrected chi connectivity index (χ2v) is 5.31. The van der Waals surface area contributed by atoms with Crippen molar-refractivity contribution < 1.29 is 9.47 Å². The Kier molecular flexibility index (Phi) is 4.09. The smallest absolute Gasteiger partial charge is 0.121 e. The quantitative estimate of drug-likeness (QED) is 0.827. The van der Waals surface area contributed by atoms with Crippen LogP contribution in [0.15, 0.2) is 24.3 Å². The van der Waals surface area contributed by atoms with Crippen LogP contribution in [0.3, 0.4) is 0 Å². The van der Waals surface area contributed by atoms with Crippen LogP contribution in [0.4, 0.5) is 5.69 Å². The maximum atomic E-state index is 5.70. The van der Waals surface area contributed by atoms with Crippen molar-refractivity contribution in [1.29, 1.82) is 0 Å². The van der Waals surface area contributed by atoms with E-state index in [0.717, 1.165) is 37.7 Å². The largest absolute Gasteiger partial charge is 0.492 e. The van der Waals surface area contributed by atoms with Gasteiger partial charge >= 0.3 is 0 Å². The van der Waals surface area contributed by atoms with Gasteiger partial charge in [0.1, 0.15) is 12.4 Å². The van der Waals surface area contributed by atoms with E-state index in [2.05, 4.69) is 18.7 Å². The Morgan fingerprint density at radius 2 is 2.28 bits per heavy atom. The highest BCUT2D eigenvalue weighted by atomic mass is 16.5. The van der Waals surface area contributed by atoms with Crippen LogP contribution in [-0.4, -0.2) is 43.3 Å². The van der Waals surface area contributed by atoms with Crippen molar-refractivity contribution in [3.05, 3.63) is 24.3 Å². The Labute approximate surface area is 109 Å². The molecule has 1 aromatic carbocycles. The van der Waals surface area contributed by atoms with E-state index in [0.29, 0.717) is 6.61 Å². The summed E-state index contributed by atoms with van der Waals surface area (Å²) in [6.07, 6.45) is 0. The molecule has 1 aromatic rings. The number of anilines is 1. The zero-order valence-corrected chi connectivity index (χ0v) is 11.2. The van der Waals surface area contributed by atoms with Gasteiger partial charge in [0.05, 0.1) is 12.2 Å². The van der Waals surface area contributed by atoms with Gasteiger partial charge in [0.15, 0.2) is 0 Å². The standard InChI is InChI=1S/C14H22N2O2/c1-14(2)11-16(7-9-18-14)6-8-17-13-5-3-4-12(15)10-13/h3-5,10H,6-9,11,15H2,1-2H3. The highest BCUT2D eigenvalue weighted by Gasteiger charge is 2.26.